The monoisotopic (exact) mass is 362 g/mol. The van der Waals surface area contributed by atoms with Crippen LogP contribution in [-0.4, -0.2) is 15.9 Å². The second-order valence-electron chi connectivity index (χ2n) is 4.37. The predicted octanol–water partition coefficient (Wildman–Crippen LogP) is 2.97. The molecule has 0 aliphatic heterocycles. The lowest BCUT2D eigenvalue weighted by Gasteiger charge is -2.03. The van der Waals surface area contributed by atoms with E-state index in [1.165, 1.54) is 17.7 Å². The van der Waals surface area contributed by atoms with Crippen LogP contribution in [0.4, 0.5) is 5.69 Å². The number of benzene rings is 1. The van der Waals surface area contributed by atoms with Gasteiger partial charge in [-0.25, -0.2) is 9.97 Å². The molecule has 2 aromatic heterocycles. The normalized spacial score (nSPS) is 10.7. The number of fused-ring (bicyclic) bond motifs is 1. The van der Waals surface area contributed by atoms with Crippen molar-refractivity contribution in [1.82, 2.24) is 15.3 Å². The average molecular weight is 363 g/mol. The number of rotatable bonds is 3. The lowest BCUT2D eigenvalue weighted by atomic mass is 10.2. The Balaban J connectivity index is 1.83. The SMILES string of the molecule is Nc1c(C(=O)NCc2ccncn2)sc2cc(Br)ccc12. The van der Waals surface area contributed by atoms with Gasteiger partial charge in [-0.2, -0.15) is 0 Å². The molecule has 1 amide bonds. The second-order valence-corrected chi connectivity index (χ2v) is 6.34. The Morgan fingerprint density at radius 1 is 1.38 bits per heavy atom. The molecule has 0 radical (unpaired) electrons. The van der Waals surface area contributed by atoms with Gasteiger partial charge in [-0.15, -0.1) is 11.3 Å². The van der Waals surface area contributed by atoms with Crippen molar-refractivity contribution in [2.24, 2.45) is 0 Å². The second kappa shape index (κ2) is 5.79. The van der Waals surface area contributed by atoms with Crippen LogP contribution in [0.25, 0.3) is 10.1 Å². The van der Waals surface area contributed by atoms with E-state index in [-0.39, 0.29) is 5.91 Å². The van der Waals surface area contributed by atoms with Gasteiger partial charge in [0.15, 0.2) is 0 Å². The van der Waals surface area contributed by atoms with Crippen molar-refractivity contribution in [3.63, 3.8) is 0 Å². The molecule has 0 aliphatic rings. The zero-order chi connectivity index (χ0) is 14.8. The van der Waals surface area contributed by atoms with Gasteiger partial charge in [0.05, 0.1) is 17.9 Å². The van der Waals surface area contributed by atoms with E-state index in [4.69, 9.17) is 5.73 Å². The number of nitrogens with two attached hydrogens (primary N) is 1. The highest BCUT2D eigenvalue weighted by atomic mass is 79.9. The zero-order valence-corrected chi connectivity index (χ0v) is 13.2. The summed E-state index contributed by atoms with van der Waals surface area (Å²) in [6, 6.07) is 7.53. The molecular formula is C14H11BrN4OS. The number of anilines is 1. The number of nitrogen functional groups attached to an aromatic ring is 1. The van der Waals surface area contributed by atoms with Crippen molar-refractivity contribution in [2.45, 2.75) is 6.54 Å². The van der Waals surface area contributed by atoms with E-state index in [2.05, 4.69) is 31.2 Å². The number of carbonyl (C=O) groups is 1. The molecule has 0 spiro atoms. The average Bonchev–Trinajstić information content (AvgIpc) is 2.82. The van der Waals surface area contributed by atoms with Crippen molar-refractivity contribution in [1.29, 1.82) is 0 Å². The summed E-state index contributed by atoms with van der Waals surface area (Å²) in [6.45, 7) is 0.346. The first-order chi connectivity index (χ1) is 10.1. The van der Waals surface area contributed by atoms with Crippen LogP contribution in [0.5, 0.6) is 0 Å². The molecule has 0 fully saturated rings. The van der Waals surface area contributed by atoms with E-state index in [1.54, 1.807) is 12.3 Å². The van der Waals surface area contributed by atoms with Crippen molar-refractivity contribution in [3.8, 4) is 0 Å². The van der Waals surface area contributed by atoms with E-state index in [1.807, 2.05) is 18.2 Å². The third-order valence-corrected chi connectivity index (χ3v) is 4.63. The van der Waals surface area contributed by atoms with Crippen LogP contribution in [0.2, 0.25) is 0 Å². The first-order valence-electron chi connectivity index (χ1n) is 6.16. The molecule has 0 atom stereocenters. The maximum atomic E-state index is 12.3. The number of aromatic nitrogens is 2. The lowest BCUT2D eigenvalue weighted by Crippen LogP contribution is -2.23. The molecule has 3 N–H and O–H groups in total. The maximum absolute atomic E-state index is 12.3. The Hall–Kier alpha value is -1.99. The number of hydrogen-bond acceptors (Lipinski definition) is 5. The van der Waals surface area contributed by atoms with Crippen LogP contribution >= 0.6 is 27.3 Å². The van der Waals surface area contributed by atoms with Gasteiger partial charge in [0.1, 0.15) is 11.2 Å². The van der Waals surface area contributed by atoms with Crippen molar-refractivity contribution in [3.05, 3.63) is 51.8 Å². The smallest absolute Gasteiger partial charge is 0.263 e. The van der Waals surface area contributed by atoms with Crippen molar-refractivity contribution >= 4 is 48.9 Å². The van der Waals surface area contributed by atoms with Crippen LogP contribution in [0.15, 0.2) is 41.3 Å². The van der Waals surface area contributed by atoms with Crippen molar-refractivity contribution < 1.29 is 4.79 Å². The number of hydrogen-bond donors (Lipinski definition) is 2. The molecule has 3 aromatic rings. The lowest BCUT2D eigenvalue weighted by molar-refractivity contribution is 0.0955. The van der Waals surface area contributed by atoms with Gasteiger partial charge in [-0.1, -0.05) is 22.0 Å². The van der Waals surface area contributed by atoms with Gasteiger partial charge in [0.25, 0.3) is 5.91 Å². The number of halogens is 1. The van der Waals surface area contributed by atoms with Gasteiger partial charge < -0.3 is 11.1 Å². The fraction of sp³-hybridized carbons (Fsp3) is 0.0714. The minimum absolute atomic E-state index is 0.191. The third-order valence-electron chi connectivity index (χ3n) is 2.97. The molecule has 1 aromatic carbocycles. The molecule has 7 heteroatoms. The molecular weight excluding hydrogens is 352 g/mol. The minimum Gasteiger partial charge on any atom is -0.397 e. The highest BCUT2D eigenvalue weighted by molar-refractivity contribution is 9.10. The van der Waals surface area contributed by atoms with Crippen LogP contribution in [-0.2, 0) is 6.54 Å². The molecule has 0 bridgehead atoms. The maximum Gasteiger partial charge on any atom is 0.263 e. The Morgan fingerprint density at radius 3 is 3.00 bits per heavy atom. The number of thiophene rings is 1. The van der Waals surface area contributed by atoms with Crippen molar-refractivity contribution in [2.75, 3.05) is 5.73 Å². The summed E-state index contributed by atoms with van der Waals surface area (Å²) in [7, 11) is 0. The van der Waals surface area contributed by atoms with E-state index >= 15 is 0 Å². The molecule has 21 heavy (non-hydrogen) atoms. The standard InChI is InChI=1S/C14H11BrN4OS/c15-8-1-2-10-11(5-8)21-13(12(10)16)14(20)18-6-9-3-4-17-7-19-9/h1-5,7H,6,16H2,(H,18,20). The Kier molecular flexibility index (Phi) is 3.85. The molecule has 0 saturated carbocycles. The van der Waals surface area contributed by atoms with Crippen LogP contribution in [0.1, 0.15) is 15.4 Å². The summed E-state index contributed by atoms with van der Waals surface area (Å²) < 4.78 is 1.94. The first kappa shape index (κ1) is 14.0. The largest absolute Gasteiger partial charge is 0.397 e. The number of carbonyl (C=O) groups excluding carboxylic acids is 1. The predicted molar refractivity (Wildman–Crippen MR) is 87.1 cm³/mol. The van der Waals surface area contributed by atoms with Gasteiger partial charge >= 0.3 is 0 Å². The third kappa shape index (κ3) is 2.88. The van der Waals surface area contributed by atoms with Crippen LogP contribution < -0.4 is 11.1 Å². The van der Waals surface area contributed by atoms with E-state index in [9.17, 15) is 4.79 Å². The quantitative estimate of drug-likeness (QED) is 0.750. The fourth-order valence-corrected chi connectivity index (χ4v) is 3.52. The summed E-state index contributed by atoms with van der Waals surface area (Å²) in [5.41, 5.74) is 7.33. The molecule has 106 valence electrons. The van der Waals surface area contributed by atoms with Crippen LogP contribution in [0, 0.1) is 0 Å². The molecule has 5 nitrogen and oxygen atoms in total. The van der Waals surface area contributed by atoms with E-state index in [0.29, 0.717) is 17.1 Å². The van der Waals surface area contributed by atoms with Gasteiger partial charge in [0.2, 0.25) is 0 Å². The molecule has 2 heterocycles. The zero-order valence-electron chi connectivity index (χ0n) is 10.8. The summed E-state index contributed by atoms with van der Waals surface area (Å²) in [5.74, 6) is -0.191. The van der Waals surface area contributed by atoms with Gasteiger partial charge in [-0.05, 0) is 18.2 Å². The highest BCUT2D eigenvalue weighted by Gasteiger charge is 2.16. The van der Waals surface area contributed by atoms with Gasteiger partial charge in [0, 0.05) is 20.8 Å². The number of nitrogens with one attached hydrogen (secondary N) is 1. The fourth-order valence-electron chi connectivity index (χ4n) is 1.93. The molecule has 0 unspecified atom stereocenters. The topological polar surface area (TPSA) is 80.9 Å². The van der Waals surface area contributed by atoms with Crippen LogP contribution in [0.3, 0.4) is 0 Å². The Bertz CT molecular complexity index is 803. The summed E-state index contributed by atoms with van der Waals surface area (Å²) >= 11 is 4.80. The molecule has 0 aliphatic carbocycles. The molecule has 0 saturated heterocycles. The summed E-state index contributed by atoms with van der Waals surface area (Å²) in [6.07, 6.45) is 3.09. The first-order valence-corrected chi connectivity index (χ1v) is 7.76. The number of amides is 1. The Labute approximate surface area is 133 Å². The highest BCUT2D eigenvalue weighted by Crippen LogP contribution is 2.35. The number of nitrogens with zero attached hydrogens (tertiary/aromatic N) is 2. The van der Waals surface area contributed by atoms with E-state index in [0.717, 1.165) is 20.3 Å². The van der Waals surface area contributed by atoms with Gasteiger partial charge in [-0.3, -0.25) is 4.79 Å². The molecule has 3 rings (SSSR count). The minimum atomic E-state index is -0.191. The van der Waals surface area contributed by atoms with E-state index < -0.39 is 0 Å². The summed E-state index contributed by atoms with van der Waals surface area (Å²) in [4.78, 5) is 20.7. The Morgan fingerprint density at radius 2 is 2.24 bits per heavy atom. The summed E-state index contributed by atoms with van der Waals surface area (Å²) in [5, 5.41) is 3.72.